The Bertz CT molecular complexity index is 898. The van der Waals surface area contributed by atoms with Crippen LogP contribution < -0.4 is 5.32 Å². The lowest BCUT2D eigenvalue weighted by Gasteiger charge is -2.12. The second kappa shape index (κ2) is 6.19. The maximum absolute atomic E-state index is 5.92. The second-order valence-corrected chi connectivity index (χ2v) is 7.19. The van der Waals surface area contributed by atoms with Crippen LogP contribution in [0.4, 0.5) is 5.82 Å². The van der Waals surface area contributed by atoms with Gasteiger partial charge in [-0.05, 0) is 36.8 Å². The fraction of sp³-hybridized carbons (Fsp3) is 0.312. The third-order valence-corrected chi connectivity index (χ3v) is 5.00. The number of aromatic amines is 1. The van der Waals surface area contributed by atoms with Gasteiger partial charge in [-0.15, -0.1) is 11.3 Å². The number of hydrogen-bond acceptors (Lipinski definition) is 5. The molecule has 1 saturated carbocycles. The Hall–Kier alpha value is -2.10. The Kier molecular flexibility index (Phi) is 3.90. The minimum absolute atomic E-state index is 0.466. The summed E-state index contributed by atoms with van der Waals surface area (Å²) in [6, 6.07) is 4.19. The molecule has 0 spiro atoms. The number of nitrogens with one attached hydrogen (secondary N) is 2. The molecule has 23 heavy (non-hydrogen) atoms. The van der Waals surface area contributed by atoms with Gasteiger partial charge in [-0.1, -0.05) is 24.4 Å². The molecule has 0 saturated heterocycles. The summed E-state index contributed by atoms with van der Waals surface area (Å²) in [6.45, 7) is 0. The molecule has 3 heterocycles. The molecule has 2 N–H and O–H groups in total. The zero-order valence-electron chi connectivity index (χ0n) is 12.3. The molecule has 3 aromatic rings. The van der Waals surface area contributed by atoms with Crippen molar-refractivity contribution in [2.45, 2.75) is 31.7 Å². The van der Waals surface area contributed by atoms with Crippen molar-refractivity contribution in [3.05, 3.63) is 33.5 Å². The first-order valence-corrected chi connectivity index (χ1v) is 8.72. The molecule has 116 valence electrons. The first kappa shape index (κ1) is 14.5. The predicted molar refractivity (Wildman–Crippen MR) is 92.9 cm³/mol. The summed E-state index contributed by atoms with van der Waals surface area (Å²) in [7, 11) is 0. The summed E-state index contributed by atoms with van der Waals surface area (Å²) in [4.78, 5) is 17.2. The van der Waals surface area contributed by atoms with Crippen molar-refractivity contribution in [3.63, 3.8) is 0 Å². The molecule has 1 fully saturated rings. The molecule has 0 radical (unpaired) electrons. The number of imidazole rings is 1. The smallest absolute Gasteiger partial charge is 0.209 e. The summed E-state index contributed by atoms with van der Waals surface area (Å²) < 4.78 is 0.724. The highest BCUT2D eigenvalue weighted by Gasteiger charge is 2.17. The van der Waals surface area contributed by atoms with Gasteiger partial charge in [0.15, 0.2) is 11.5 Å². The summed E-state index contributed by atoms with van der Waals surface area (Å²) in [5.41, 5.74) is 1.47. The van der Waals surface area contributed by atoms with Crippen molar-refractivity contribution in [2.24, 2.45) is 0 Å². The first-order valence-electron chi connectivity index (χ1n) is 7.53. The van der Waals surface area contributed by atoms with Gasteiger partial charge in [0, 0.05) is 6.04 Å². The van der Waals surface area contributed by atoms with Crippen molar-refractivity contribution >= 4 is 39.9 Å². The Labute approximate surface area is 142 Å². The standard InChI is InChI=1S/C16H14ClN5S/c17-12-7-5-11(23-12)6-8-13-21-15-14(18-9-19-15)16(22-13)20-10-3-1-2-4-10/h5,7,9-10H,1-4H2,(H2,18,19,20,21,22). The van der Waals surface area contributed by atoms with E-state index in [-0.39, 0.29) is 0 Å². The monoisotopic (exact) mass is 343 g/mol. The average Bonchev–Trinajstić information content (AvgIpc) is 3.26. The maximum atomic E-state index is 5.92. The van der Waals surface area contributed by atoms with Gasteiger partial charge >= 0.3 is 0 Å². The fourth-order valence-corrected chi connectivity index (χ4v) is 3.65. The number of anilines is 1. The van der Waals surface area contributed by atoms with Gasteiger partial charge in [-0.3, -0.25) is 0 Å². The van der Waals surface area contributed by atoms with E-state index in [1.54, 1.807) is 6.33 Å². The van der Waals surface area contributed by atoms with Crippen molar-refractivity contribution in [2.75, 3.05) is 5.32 Å². The predicted octanol–water partition coefficient (Wildman–Crippen LogP) is 3.82. The summed E-state index contributed by atoms with van der Waals surface area (Å²) in [5.74, 6) is 7.31. The van der Waals surface area contributed by atoms with Gasteiger partial charge in [0.25, 0.3) is 0 Å². The van der Waals surface area contributed by atoms with Gasteiger partial charge < -0.3 is 10.3 Å². The molecule has 5 nitrogen and oxygen atoms in total. The SMILES string of the molecule is Clc1ccc(C#Cc2nc(NC3CCCC3)c3[nH]cnc3n2)s1. The van der Waals surface area contributed by atoms with Crippen molar-refractivity contribution < 1.29 is 0 Å². The van der Waals surface area contributed by atoms with E-state index in [4.69, 9.17) is 11.6 Å². The average molecular weight is 344 g/mol. The van der Waals surface area contributed by atoms with Gasteiger partial charge in [0.05, 0.1) is 15.5 Å². The summed E-state index contributed by atoms with van der Waals surface area (Å²) >= 11 is 7.36. The Balaban J connectivity index is 1.68. The highest BCUT2D eigenvalue weighted by atomic mass is 35.5. The van der Waals surface area contributed by atoms with Crippen molar-refractivity contribution in [1.29, 1.82) is 0 Å². The number of rotatable bonds is 2. The zero-order valence-corrected chi connectivity index (χ0v) is 13.8. The molecule has 0 aliphatic heterocycles. The van der Waals surface area contributed by atoms with Crippen LogP contribution in [0.1, 0.15) is 36.4 Å². The highest BCUT2D eigenvalue weighted by molar-refractivity contribution is 7.16. The van der Waals surface area contributed by atoms with Crippen LogP contribution in [0.3, 0.4) is 0 Å². The topological polar surface area (TPSA) is 66.5 Å². The zero-order chi connectivity index (χ0) is 15.6. The van der Waals surface area contributed by atoms with Crippen LogP contribution >= 0.6 is 22.9 Å². The quantitative estimate of drug-likeness (QED) is 0.694. The van der Waals surface area contributed by atoms with Crippen LogP contribution in [0.15, 0.2) is 18.5 Å². The van der Waals surface area contributed by atoms with E-state index in [1.165, 1.54) is 37.0 Å². The Morgan fingerprint density at radius 1 is 1.22 bits per heavy atom. The number of halogens is 1. The maximum Gasteiger partial charge on any atom is 0.209 e. The lowest BCUT2D eigenvalue weighted by molar-refractivity contribution is 0.751. The van der Waals surface area contributed by atoms with Gasteiger partial charge in [-0.2, -0.15) is 4.98 Å². The van der Waals surface area contributed by atoms with Crippen LogP contribution in [0.25, 0.3) is 11.2 Å². The van der Waals surface area contributed by atoms with E-state index in [9.17, 15) is 0 Å². The van der Waals surface area contributed by atoms with Crippen molar-refractivity contribution in [1.82, 2.24) is 19.9 Å². The fourth-order valence-electron chi connectivity index (χ4n) is 2.76. The number of H-pyrrole nitrogens is 1. The molecule has 0 unspecified atom stereocenters. The van der Waals surface area contributed by atoms with E-state index in [2.05, 4.69) is 37.1 Å². The minimum Gasteiger partial charge on any atom is -0.365 e. The molecule has 0 aromatic carbocycles. The third kappa shape index (κ3) is 3.16. The minimum atomic E-state index is 0.466. The van der Waals surface area contributed by atoms with Crippen molar-refractivity contribution in [3.8, 4) is 11.8 Å². The van der Waals surface area contributed by atoms with E-state index >= 15 is 0 Å². The number of thiophene rings is 1. The van der Waals surface area contributed by atoms with Gasteiger partial charge in [0.2, 0.25) is 5.82 Å². The summed E-state index contributed by atoms with van der Waals surface area (Å²) in [5, 5.41) is 3.50. The van der Waals surface area contributed by atoms with E-state index in [0.29, 0.717) is 17.5 Å². The van der Waals surface area contributed by atoms with Crippen LogP contribution in [0, 0.1) is 11.8 Å². The Morgan fingerprint density at radius 2 is 2.09 bits per heavy atom. The largest absolute Gasteiger partial charge is 0.365 e. The van der Waals surface area contributed by atoms with Crippen LogP contribution in [0.5, 0.6) is 0 Å². The first-order chi connectivity index (χ1) is 11.3. The van der Waals surface area contributed by atoms with Crippen LogP contribution in [-0.2, 0) is 0 Å². The molecule has 0 bridgehead atoms. The number of aromatic nitrogens is 4. The van der Waals surface area contributed by atoms with E-state index in [1.807, 2.05) is 12.1 Å². The van der Waals surface area contributed by atoms with Gasteiger partial charge in [-0.25, -0.2) is 9.97 Å². The number of nitrogens with zero attached hydrogens (tertiary/aromatic N) is 3. The third-order valence-electron chi connectivity index (χ3n) is 3.85. The molecular formula is C16H14ClN5S. The van der Waals surface area contributed by atoms with E-state index in [0.717, 1.165) is 20.5 Å². The number of fused-ring (bicyclic) bond motifs is 1. The molecule has 1 aliphatic carbocycles. The molecule has 0 amide bonds. The highest BCUT2D eigenvalue weighted by Crippen LogP contribution is 2.24. The lowest BCUT2D eigenvalue weighted by Crippen LogP contribution is -2.16. The summed E-state index contributed by atoms with van der Waals surface area (Å²) in [6.07, 6.45) is 6.51. The molecule has 4 rings (SSSR count). The Morgan fingerprint density at radius 3 is 2.87 bits per heavy atom. The number of hydrogen-bond donors (Lipinski definition) is 2. The van der Waals surface area contributed by atoms with Crippen LogP contribution in [0.2, 0.25) is 4.34 Å². The lowest BCUT2D eigenvalue weighted by atomic mass is 10.2. The molecule has 7 heteroatoms. The molecular weight excluding hydrogens is 330 g/mol. The van der Waals surface area contributed by atoms with Crippen LogP contribution in [-0.4, -0.2) is 26.0 Å². The molecule has 1 aliphatic rings. The van der Waals surface area contributed by atoms with E-state index < -0.39 is 0 Å². The molecule has 3 aromatic heterocycles. The molecule has 0 atom stereocenters. The van der Waals surface area contributed by atoms with Gasteiger partial charge in [0.1, 0.15) is 5.52 Å². The normalized spacial score (nSPS) is 14.8. The second-order valence-electron chi connectivity index (χ2n) is 5.48.